The number of hydrogen-bond donors (Lipinski definition) is 0. The van der Waals surface area contributed by atoms with Crippen LogP contribution in [0.4, 0.5) is 17.6 Å². The Kier molecular flexibility index (Phi) is 5.55. The van der Waals surface area contributed by atoms with Gasteiger partial charge in [-0.25, -0.2) is 9.97 Å². The van der Waals surface area contributed by atoms with Gasteiger partial charge in [-0.3, -0.25) is 9.59 Å². The summed E-state index contributed by atoms with van der Waals surface area (Å²) in [5.74, 6) is 1.96. The van der Waals surface area contributed by atoms with E-state index in [1.807, 2.05) is 66.1 Å². The first-order valence-electron chi connectivity index (χ1n) is 11.6. The number of benzene rings is 1. The molecule has 0 saturated carbocycles. The van der Waals surface area contributed by atoms with E-state index in [-0.39, 0.29) is 17.9 Å². The molecule has 0 unspecified atom stereocenters. The fraction of sp³-hybridized carbons (Fsp3) is 0.400. The highest BCUT2D eigenvalue weighted by Crippen LogP contribution is 2.35. The number of carbonyl (C=O) groups is 2. The first-order valence-corrected chi connectivity index (χ1v) is 11.6. The molecule has 4 heterocycles. The van der Waals surface area contributed by atoms with Crippen molar-refractivity contribution in [1.29, 1.82) is 0 Å². The lowest BCUT2D eigenvalue weighted by molar-refractivity contribution is -0.129. The van der Waals surface area contributed by atoms with Crippen LogP contribution in [0.2, 0.25) is 0 Å². The van der Waals surface area contributed by atoms with Crippen molar-refractivity contribution in [2.45, 2.75) is 33.4 Å². The standard InChI is InChI=1S/C25H29N7O2/c1-16(2)32-15-20-22(24(32)34)27-25(31-11-9-30(10-12-31)17(3)33)28-23(20)29(4)21-13-18-7-5-6-8-19(18)14-26-21/h5-8,13-14,16H,9-12,15H2,1-4H3. The lowest BCUT2D eigenvalue weighted by Gasteiger charge is -2.34. The van der Waals surface area contributed by atoms with Crippen molar-refractivity contribution >= 4 is 40.2 Å². The summed E-state index contributed by atoms with van der Waals surface area (Å²) in [4.78, 5) is 46.9. The van der Waals surface area contributed by atoms with E-state index in [1.54, 1.807) is 6.92 Å². The fourth-order valence-corrected chi connectivity index (χ4v) is 4.58. The molecule has 3 aromatic rings. The van der Waals surface area contributed by atoms with Crippen molar-refractivity contribution in [2.75, 3.05) is 43.0 Å². The number of anilines is 3. The molecule has 2 aromatic heterocycles. The van der Waals surface area contributed by atoms with E-state index < -0.39 is 0 Å². The molecule has 1 fully saturated rings. The molecule has 0 bridgehead atoms. The predicted molar refractivity (Wildman–Crippen MR) is 131 cm³/mol. The number of amides is 2. The van der Waals surface area contributed by atoms with Crippen LogP contribution in [-0.2, 0) is 11.3 Å². The maximum atomic E-state index is 13.2. The van der Waals surface area contributed by atoms with E-state index in [1.165, 1.54) is 0 Å². The van der Waals surface area contributed by atoms with Gasteiger partial charge in [0.25, 0.3) is 5.91 Å². The average Bonchev–Trinajstić information content (AvgIpc) is 3.19. The molecular formula is C25H29N7O2. The zero-order valence-electron chi connectivity index (χ0n) is 20.0. The van der Waals surface area contributed by atoms with Crippen LogP contribution < -0.4 is 9.80 Å². The minimum absolute atomic E-state index is 0.0567. The number of rotatable bonds is 4. The molecule has 9 nitrogen and oxygen atoms in total. The first-order chi connectivity index (χ1) is 16.3. The Morgan fingerprint density at radius 2 is 1.76 bits per heavy atom. The number of piperazine rings is 1. The van der Waals surface area contributed by atoms with E-state index in [0.29, 0.717) is 50.2 Å². The Bertz CT molecular complexity index is 1270. The van der Waals surface area contributed by atoms with Gasteiger partial charge < -0.3 is 19.6 Å². The molecule has 0 aliphatic carbocycles. The predicted octanol–water partition coefficient (Wildman–Crippen LogP) is 2.83. The zero-order chi connectivity index (χ0) is 24.0. The second-order valence-electron chi connectivity index (χ2n) is 9.14. The lowest BCUT2D eigenvalue weighted by atomic mass is 10.1. The summed E-state index contributed by atoms with van der Waals surface area (Å²) in [6, 6.07) is 10.2. The van der Waals surface area contributed by atoms with Gasteiger partial charge >= 0.3 is 0 Å². The summed E-state index contributed by atoms with van der Waals surface area (Å²) in [5.41, 5.74) is 1.28. The Balaban J connectivity index is 1.56. The largest absolute Gasteiger partial charge is 0.339 e. The second-order valence-corrected chi connectivity index (χ2v) is 9.14. The van der Waals surface area contributed by atoms with Gasteiger partial charge in [-0.05, 0) is 25.3 Å². The number of fused-ring (bicyclic) bond motifs is 2. The molecule has 5 rings (SSSR count). The van der Waals surface area contributed by atoms with Crippen LogP contribution in [0.25, 0.3) is 10.8 Å². The quantitative estimate of drug-likeness (QED) is 0.593. The first kappa shape index (κ1) is 22.1. The molecule has 176 valence electrons. The molecule has 0 atom stereocenters. The van der Waals surface area contributed by atoms with Gasteiger partial charge in [0.05, 0.1) is 6.54 Å². The van der Waals surface area contributed by atoms with Crippen LogP contribution in [-0.4, -0.2) is 75.8 Å². The Morgan fingerprint density at radius 1 is 1.06 bits per heavy atom. The molecule has 1 aromatic carbocycles. The Morgan fingerprint density at radius 3 is 2.44 bits per heavy atom. The molecule has 9 heteroatoms. The monoisotopic (exact) mass is 459 g/mol. The van der Waals surface area contributed by atoms with Crippen LogP contribution >= 0.6 is 0 Å². The Labute approximate surface area is 199 Å². The van der Waals surface area contributed by atoms with E-state index in [9.17, 15) is 9.59 Å². The van der Waals surface area contributed by atoms with Crippen LogP contribution in [0, 0.1) is 0 Å². The normalized spacial score (nSPS) is 15.9. The lowest BCUT2D eigenvalue weighted by Crippen LogP contribution is -2.48. The molecule has 2 amide bonds. The Hall–Kier alpha value is -3.75. The van der Waals surface area contributed by atoms with Crippen LogP contribution in [0.5, 0.6) is 0 Å². The van der Waals surface area contributed by atoms with Crippen molar-refractivity contribution in [3.05, 3.63) is 47.8 Å². The number of pyridine rings is 1. The van der Waals surface area contributed by atoms with Gasteiger partial charge in [0.15, 0.2) is 0 Å². The molecular weight excluding hydrogens is 430 g/mol. The van der Waals surface area contributed by atoms with Gasteiger partial charge in [0.2, 0.25) is 11.9 Å². The summed E-state index contributed by atoms with van der Waals surface area (Å²) < 4.78 is 0. The number of aromatic nitrogens is 3. The number of carbonyl (C=O) groups excluding carboxylic acids is 2. The van der Waals surface area contributed by atoms with E-state index in [2.05, 4.69) is 16.0 Å². The third-order valence-corrected chi connectivity index (χ3v) is 6.67. The molecule has 2 aliphatic rings. The molecule has 1 saturated heterocycles. The fourth-order valence-electron chi connectivity index (χ4n) is 4.58. The maximum absolute atomic E-state index is 13.2. The minimum atomic E-state index is -0.0721. The van der Waals surface area contributed by atoms with Crippen molar-refractivity contribution in [3.8, 4) is 0 Å². The van der Waals surface area contributed by atoms with Crippen LogP contribution in [0.15, 0.2) is 36.5 Å². The highest BCUT2D eigenvalue weighted by atomic mass is 16.2. The van der Waals surface area contributed by atoms with Gasteiger partial charge in [-0.15, -0.1) is 0 Å². The minimum Gasteiger partial charge on any atom is -0.339 e. The van der Waals surface area contributed by atoms with Gasteiger partial charge in [0.1, 0.15) is 17.3 Å². The third kappa shape index (κ3) is 3.81. The molecule has 2 aliphatic heterocycles. The summed E-state index contributed by atoms with van der Waals surface area (Å²) in [6.07, 6.45) is 1.86. The summed E-state index contributed by atoms with van der Waals surface area (Å²) in [6.45, 7) is 8.54. The maximum Gasteiger partial charge on any atom is 0.273 e. The van der Waals surface area contributed by atoms with Gasteiger partial charge in [-0.1, -0.05) is 24.3 Å². The number of hydrogen-bond acceptors (Lipinski definition) is 7. The smallest absolute Gasteiger partial charge is 0.273 e. The SMILES string of the molecule is CC(=O)N1CCN(c2nc3c(c(N(C)c4cc5ccccc5cn4)n2)CN(C(C)C)C3=O)CC1. The number of nitrogens with zero attached hydrogens (tertiary/aromatic N) is 7. The van der Waals surface area contributed by atoms with E-state index >= 15 is 0 Å². The molecule has 0 N–H and O–H groups in total. The zero-order valence-corrected chi connectivity index (χ0v) is 20.0. The highest BCUT2D eigenvalue weighted by molar-refractivity contribution is 5.99. The highest BCUT2D eigenvalue weighted by Gasteiger charge is 2.36. The summed E-state index contributed by atoms with van der Waals surface area (Å²) in [7, 11) is 1.93. The van der Waals surface area contributed by atoms with Gasteiger partial charge in [0, 0.05) is 63.3 Å². The van der Waals surface area contributed by atoms with Crippen LogP contribution in [0.1, 0.15) is 36.8 Å². The summed E-state index contributed by atoms with van der Waals surface area (Å²) >= 11 is 0. The van der Waals surface area contributed by atoms with Crippen LogP contribution in [0.3, 0.4) is 0 Å². The second kappa shape index (κ2) is 8.55. The van der Waals surface area contributed by atoms with Crippen molar-refractivity contribution in [2.24, 2.45) is 0 Å². The van der Waals surface area contributed by atoms with Gasteiger partial charge in [-0.2, -0.15) is 4.98 Å². The summed E-state index contributed by atoms with van der Waals surface area (Å²) in [5, 5.41) is 2.16. The van der Waals surface area contributed by atoms with Crippen molar-refractivity contribution < 1.29 is 9.59 Å². The molecule has 0 radical (unpaired) electrons. The van der Waals surface area contributed by atoms with E-state index in [0.717, 1.165) is 22.2 Å². The average molecular weight is 460 g/mol. The molecule has 34 heavy (non-hydrogen) atoms. The van der Waals surface area contributed by atoms with Crippen molar-refractivity contribution in [1.82, 2.24) is 24.8 Å². The topological polar surface area (TPSA) is 85.8 Å². The molecule has 0 spiro atoms. The van der Waals surface area contributed by atoms with E-state index in [4.69, 9.17) is 9.97 Å². The van der Waals surface area contributed by atoms with Crippen molar-refractivity contribution in [3.63, 3.8) is 0 Å². The third-order valence-electron chi connectivity index (χ3n) is 6.67.